The van der Waals surface area contributed by atoms with E-state index in [2.05, 4.69) is 0 Å². The zero-order chi connectivity index (χ0) is 29.1. The van der Waals surface area contributed by atoms with Crippen LogP contribution in [0.25, 0.3) is 16.8 Å². The molecule has 7 heteroatoms. The van der Waals surface area contributed by atoms with Gasteiger partial charge in [0, 0.05) is 11.6 Å². The van der Waals surface area contributed by atoms with Crippen molar-refractivity contribution >= 4 is 46.1 Å². The number of benzene rings is 5. The number of barbiturate groups is 1. The number of para-hydroxylation sites is 2. The van der Waals surface area contributed by atoms with Gasteiger partial charge >= 0.3 is 6.03 Å². The van der Waals surface area contributed by atoms with E-state index in [1.807, 2.05) is 42.5 Å². The maximum Gasteiger partial charge on any atom is 0.343 e. The molecule has 0 radical (unpaired) electrons. The highest BCUT2D eigenvalue weighted by Gasteiger charge is 2.43. The van der Waals surface area contributed by atoms with E-state index < -0.39 is 17.8 Å². The van der Waals surface area contributed by atoms with Crippen LogP contribution in [0.4, 0.5) is 16.2 Å². The lowest BCUT2D eigenvalue weighted by molar-refractivity contribution is -0.121. The number of rotatable bonds is 7. The molecule has 1 heterocycles. The number of hydrogen-bond donors (Lipinski definition) is 0. The molecule has 4 amide bonds. The van der Waals surface area contributed by atoms with Crippen LogP contribution in [0.5, 0.6) is 11.5 Å². The summed E-state index contributed by atoms with van der Waals surface area (Å²) in [6.45, 7) is 0.247. The Morgan fingerprint density at radius 3 is 1.90 bits per heavy atom. The predicted octanol–water partition coefficient (Wildman–Crippen LogP) is 7.01. The Balaban J connectivity index is 1.42. The van der Waals surface area contributed by atoms with Crippen LogP contribution in [0.15, 0.2) is 127 Å². The SMILES string of the molecule is COc1ccc(C=C2C(=O)N(c3ccccc3)C(=O)N(c3ccccc3)C2=O)c(OCc2cccc3ccccc23)c1. The molecule has 0 atom stereocenters. The van der Waals surface area contributed by atoms with Gasteiger partial charge in [-0.05, 0) is 58.8 Å². The number of amides is 4. The number of hydrogen-bond acceptors (Lipinski definition) is 5. The van der Waals surface area contributed by atoms with E-state index >= 15 is 0 Å². The molecule has 0 aliphatic carbocycles. The van der Waals surface area contributed by atoms with Crippen molar-refractivity contribution in [1.29, 1.82) is 0 Å². The summed E-state index contributed by atoms with van der Waals surface area (Å²) in [6, 6.07) is 35.6. The molecule has 206 valence electrons. The van der Waals surface area contributed by atoms with E-state index in [1.54, 1.807) is 86.0 Å². The Bertz CT molecular complexity index is 1760. The second-order valence-electron chi connectivity index (χ2n) is 9.62. The average Bonchev–Trinajstić information content (AvgIpc) is 3.03. The van der Waals surface area contributed by atoms with Gasteiger partial charge in [0.25, 0.3) is 11.8 Å². The van der Waals surface area contributed by atoms with Crippen LogP contribution in [-0.2, 0) is 16.2 Å². The van der Waals surface area contributed by atoms with Crippen LogP contribution in [0.2, 0.25) is 0 Å². The average molecular weight is 555 g/mol. The molecule has 1 fully saturated rings. The first-order valence-electron chi connectivity index (χ1n) is 13.4. The van der Waals surface area contributed by atoms with E-state index in [1.165, 1.54) is 6.08 Å². The number of fused-ring (bicyclic) bond motifs is 1. The number of methoxy groups -OCH3 is 1. The molecule has 1 aliphatic rings. The number of imide groups is 2. The number of urea groups is 1. The smallest absolute Gasteiger partial charge is 0.343 e. The minimum atomic E-state index is -0.748. The monoisotopic (exact) mass is 554 g/mol. The van der Waals surface area contributed by atoms with Crippen LogP contribution in [-0.4, -0.2) is 25.0 Å². The number of ether oxygens (including phenoxy) is 2. The molecule has 1 saturated heterocycles. The molecule has 0 N–H and O–H groups in total. The van der Waals surface area contributed by atoms with Gasteiger partial charge in [-0.25, -0.2) is 14.6 Å². The van der Waals surface area contributed by atoms with Gasteiger partial charge in [-0.1, -0.05) is 78.9 Å². The first-order valence-corrected chi connectivity index (χ1v) is 13.4. The van der Waals surface area contributed by atoms with E-state index in [-0.39, 0.29) is 12.2 Å². The van der Waals surface area contributed by atoms with Crippen molar-refractivity contribution in [2.45, 2.75) is 6.61 Å². The molecule has 5 aromatic carbocycles. The Morgan fingerprint density at radius 2 is 1.26 bits per heavy atom. The van der Waals surface area contributed by atoms with Crippen molar-refractivity contribution in [1.82, 2.24) is 0 Å². The predicted molar refractivity (Wildman–Crippen MR) is 163 cm³/mol. The fraction of sp³-hybridized carbons (Fsp3) is 0.0571. The lowest BCUT2D eigenvalue weighted by Crippen LogP contribution is -2.57. The van der Waals surface area contributed by atoms with E-state index in [9.17, 15) is 14.4 Å². The molecule has 0 saturated carbocycles. The van der Waals surface area contributed by atoms with Gasteiger partial charge in [0.1, 0.15) is 23.7 Å². The summed E-state index contributed by atoms with van der Waals surface area (Å²) in [7, 11) is 1.55. The Kier molecular flexibility index (Phi) is 7.22. The summed E-state index contributed by atoms with van der Waals surface area (Å²) in [5.41, 5.74) is 2.00. The minimum Gasteiger partial charge on any atom is -0.497 e. The van der Waals surface area contributed by atoms with Crippen LogP contribution < -0.4 is 19.3 Å². The quantitative estimate of drug-likeness (QED) is 0.160. The van der Waals surface area contributed by atoms with Gasteiger partial charge in [0.15, 0.2) is 0 Å². The zero-order valence-electron chi connectivity index (χ0n) is 22.8. The van der Waals surface area contributed by atoms with Crippen molar-refractivity contribution in [3.8, 4) is 11.5 Å². The molecular weight excluding hydrogens is 528 g/mol. The van der Waals surface area contributed by atoms with E-state index in [0.29, 0.717) is 28.4 Å². The zero-order valence-corrected chi connectivity index (χ0v) is 22.8. The number of carbonyl (C=O) groups is 3. The second-order valence-corrected chi connectivity index (χ2v) is 9.62. The number of nitrogens with zero attached hydrogens (tertiary/aromatic N) is 2. The summed E-state index contributed by atoms with van der Waals surface area (Å²) in [6.07, 6.45) is 1.47. The summed E-state index contributed by atoms with van der Waals surface area (Å²) >= 11 is 0. The summed E-state index contributed by atoms with van der Waals surface area (Å²) in [4.78, 5) is 43.3. The molecule has 0 unspecified atom stereocenters. The maximum atomic E-state index is 13.8. The number of anilines is 2. The molecule has 0 spiro atoms. The van der Waals surface area contributed by atoms with Crippen LogP contribution in [0, 0.1) is 0 Å². The van der Waals surface area contributed by atoms with Gasteiger partial charge in [-0.15, -0.1) is 0 Å². The minimum absolute atomic E-state index is 0.178. The van der Waals surface area contributed by atoms with Gasteiger partial charge < -0.3 is 9.47 Å². The normalized spacial score (nSPS) is 13.5. The van der Waals surface area contributed by atoms with Gasteiger partial charge in [-0.3, -0.25) is 9.59 Å². The molecule has 6 rings (SSSR count). The molecule has 42 heavy (non-hydrogen) atoms. The van der Waals surface area contributed by atoms with Gasteiger partial charge in [-0.2, -0.15) is 0 Å². The lowest BCUT2D eigenvalue weighted by Gasteiger charge is -2.34. The molecule has 0 aromatic heterocycles. The van der Waals surface area contributed by atoms with Crippen LogP contribution in [0.1, 0.15) is 11.1 Å². The standard InChI is InChI=1S/C35H26N2O5/c1-41-29-20-19-25(32(22-29)42-23-26-13-10-12-24-11-8-9-18-30(24)26)21-31-33(38)36(27-14-4-2-5-15-27)35(40)37(34(31)39)28-16-6-3-7-17-28/h2-22H,23H2,1H3. The Labute approximate surface area is 242 Å². The fourth-order valence-electron chi connectivity index (χ4n) is 4.95. The topological polar surface area (TPSA) is 76.2 Å². The highest BCUT2D eigenvalue weighted by Crippen LogP contribution is 2.33. The largest absolute Gasteiger partial charge is 0.497 e. The highest BCUT2D eigenvalue weighted by atomic mass is 16.5. The van der Waals surface area contributed by atoms with E-state index in [0.717, 1.165) is 26.1 Å². The number of carbonyl (C=O) groups excluding carboxylic acids is 3. The van der Waals surface area contributed by atoms with Crippen LogP contribution >= 0.6 is 0 Å². The van der Waals surface area contributed by atoms with Crippen molar-refractivity contribution in [2.24, 2.45) is 0 Å². The summed E-state index contributed by atoms with van der Waals surface area (Å²) in [5, 5.41) is 2.16. The lowest BCUT2D eigenvalue weighted by atomic mass is 10.0. The third-order valence-corrected chi connectivity index (χ3v) is 7.06. The molecule has 5 aromatic rings. The molecule has 1 aliphatic heterocycles. The second kappa shape index (κ2) is 11.4. The molecule has 7 nitrogen and oxygen atoms in total. The van der Waals surface area contributed by atoms with Crippen molar-refractivity contribution < 1.29 is 23.9 Å². The first kappa shape index (κ1) is 26.5. The molecular formula is C35H26N2O5. The third kappa shape index (κ3) is 4.99. The summed E-state index contributed by atoms with van der Waals surface area (Å²) < 4.78 is 11.7. The van der Waals surface area contributed by atoms with Crippen molar-refractivity contribution in [2.75, 3.05) is 16.9 Å². The van der Waals surface area contributed by atoms with Gasteiger partial charge in [0.2, 0.25) is 0 Å². The van der Waals surface area contributed by atoms with Crippen molar-refractivity contribution in [3.63, 3.8) is 0 Å². The van der Waals surface area contributed by atoms with Crippen molar-refractivity contribution in [3.05, 3.63) is 138 Å². The summed E-state index contributed by atoms with van der Waals surface area (Å²) in [5.74, 6) is -0.471. The highest BCUT2D eigenvalue weighted by molar-refractivity contribution is 6.46. The maximum absolute atomic E-state index is 13.8. The van der Waals surface area contributed by atoms with Crippen LogP contribution in [0.3, 0.4) is 0 Å². The first-order chi connectivity index (χ1) is 20.5. The third-order valence-electron chi connectivity index (χ3n) is 7.06. The Hall–Kier alpha value is -5.69. The molecule has 0 bridgehead atoms. The fourth-order valence-corrected chi connectivity index (χ4v) is 4.95. The van der Waals surface area contributed by atoms with E-state index in [4.69, 9.17) is 9.47 Å². The Morgan fingerprint density at radius 1 is 0.667 bits per heavy atom. The van der Waals surface area contributed by atoms with Gasteiger partial charge in [0.05, 0.1) is 18.5 Å².